The Bertz CT molecular complexity index is 1520. The van der Waals surface area contributed by atoms with Crippen LogP contribution in [0.1, 0.15) is 12.0 Å². The van der Waals surface area contributed by atoms with E-state index in [0.717, 1.165) is 44.2 Å². The van der Waals surface area contributed by atoms with Crippen molar-refractivity contribution in [3.8, 4) is 5.75 Å². The molecule has 0 atom stereocenters. The van der Waals surface area contributed by atoms with Crippen molar-refractivity contribution in [1.82, 2.24) is 0 Å². The van der Waals surface area contributed by atoms with E-state index in [1.807, 2.05) is 84.9 Å². The summed E-state index contributed by atoms with van der Waals surface area (Å²) in [4.78, 5) is 4.42. The number of ether oxygens (including phenoxy) is 1. The number of hydrogen-bond donors (Lipinski definition) is 0. The predicted molar refractivity (Wildman–Crippen MR) is 169 cm³/mol. The summed E-state index contributed by atoms with van der Waals surface area (Å²) in [6.45, 7) is 0.902. The molecule has 0 spiro atoms. The van der Waals surface area contributed by atoms with E-state index in [9.17, 15) is 4.39 Å². The lowest BCUT2D eigenvalue weighted by atomic mass is 10.2. The van der Waals surface area contributed by atoms with Gasteiger partial charge in [-0.25, -0.2) is 8.78 Å². The predicted octanol–water partition coefficient (Wildman–Crippen LogP) is 10.4. The van der Waals surface area contributed by atoms with E-state index in [1.54, 1.807) is 27.8 Å². The lowest BCUT2D eigenvalue weighted by molar-refractivity contribution is 0.315. The molecule has 0 amide bonds. The molecule has 0 aliphatic rings. The number of rotatable bonds is 13. The van der Waals surface area contributed by atoms with Gasteiger partial charge in [0.05, 0.1) is 18.8 Å². The molecule has 0 N–H and O–H groups in total. The Balaban J connectivity index is 1.28. The Kier molecular flexibility index (Phi) is 10.7. The molecule has 7 heteroatoms. The molecule has 0 saturated carbocycles. The first kappa shape index (κ1) is 29.1. The largest absolute Gasteiger partial charge is 0.493 e. The maximum Gasteiger partial charge on any atom is 0.147 e. The average molecular weight is 602 g/mol. The Morgan fingerprint density at radius 1 is 0.634 bits per heavy atom. The van der Waals surface area contributed by atoms with Crippen LogP contribution in [0.2, 0.25) is 0 Å². The molecule has 0 aromatic heterocycles. The van der Waals surface area contributed by atoms with Crippen LogP contribution in [0.4, 0.5) is 14.5 Å². The van der Waals surface area contributed by atoms with Gasteiger partial charge in [-0.3, -0.25) is 0 Å². The van der Waals surface area contributed by atoms with E-state index in [1.165, 1.54) is 29.0 Å². The van der Waals surface area contributed by atoms with Crippen LogP contribution in [-0.4, -0.2) is 12.4 Å². The van der Waals surface area contributed by atoms with Gasteiger partial charge in [-0.15, -0.1) is 11.8 Å². The molecule has 0 fully saturated rings. The summed E-state index contributed by atoms with van der Waals surface area (Å²) in [7, 11) is 0. The number of hydrogen-bond acceptors (Lipinski definition) is 5. The lowest BCUT2D eigenvalue weighted by Gasteiger charge is -2.25. The molecule has 0 saturated heterocycles. The Hall–Kier alpha value is -3.39. The molecule has 0 unspecified atom stereocenters. The van der Waals surface area contributed by atoms with E-state index >= 15 is 4.39 Å². The first-order chi connectivity index (χ1) is 20.1. The fraction of sp³-hybridized carbons (Fsp3) is 0.118. The Morgan fingerprint density at radius 3 is 2.02 bits per heavy atom. The van der Waals surface area contributed by atoms with Gasteiger partial charge in [-0.2, -0.15) is 0 Å². The first-order valence-corrected chi connectivity index (χ1v) is 15.8. The van der Waals surface area contributed by atoms with Gasteiger partial charge in [0.2, 0.25) is 0 Å². The van der Waals surface area contributed by atoms with Crippen LogP contribution in [0.5, 0.6) is 5.75 Å². The number of halogens is 2. The summed E-state index contributed by atoms with van der Waals surface area (Å²) in [6, 6.07) is 39.9. The molecule has 5 rings (SSSR count). The molecular formula is C34H29F2NOS3. The summed E-state index contributed by atoms with van der Waals surface area (Å²) < 4.78 is 37.2. The summed E-state index contributed by atoms with van der Waals surface area (Å²) in [5, 5.41) is 0. The second kappa shape index (κ2) is 15.0. The smallest absolute Gasteiger partial charge is 0.147 e. The minimum Gasteiger partial charge on any atom is -0.493 e. The second-order valence-electron chi connectivity index (χ2n) is 9.08. The third-order valence-corrected chi connectivity index (χ3v) is 9.18. The van der Waals surface area contributed by atoms with Crippen molar-refractivity contribution in [3.05, 3.63) is 145 Å². The van der Waals surface area contributed by atoms with Crippen LogP contribution in [0.25, 0.3) is 0 Å². The standard InChI is InChI=1S/C34H29F2NOS3/c35-27-16-21-32(36)33(24-27)37(41-31-19-17-30(18-20-31)40-29-13-5-2-6-14-29)25-26-10-7-8-15-34(26)38-22-9-23-39-28-11-3-1-4-12-28/h1-8,10-21,24H,9,22-23,25H2. The SMILES string of the molecule is Fc1ccc(F)c(N(Cc2ccccc2OCCCSc2ccccc2)Sc2ccc(Sc3ccccc3)cc2)c1. The van der Waals surface area contributed by atoms with Gasteiger partial charge < -0.3 is 9.04 Å². The molecule has 0 bridgehead atoms. The molecule has 0 radical (unpaired) electrons. The van der Waals surface area contributed by atoms with Gasteiger partial charge in [0.1, 0.15) is 17.4 Å². The van der Waals surface area contributed by atoms with Gasteiger partial charge >= 0.3 is 0 Å². The van der Waals surface area contributed by atoms with Gasteiger partial charge in [-0.05, 0) is 85.1 Å². The minimum atomic E-state index is -0.484. The zero-order valence-electron chi connectivity index (χ0n) is 22.3. The van der Waals surface area contributed by atoms with Crippen LogP contribution in [0.15, 0.2) is 147 Å². The number of benzene rings is 5. The van der Waals surface area contributed by atoms with Gasteiger partial charge in [0.15, 0.2) is 0 Å². The quantitative estimate of drug-likeness (QED) is 0.0754. The Labute approximate surface area is 253 Å². The average Bonchev–Trinajstić information content (AvgIpc) is 3.00. The summed E-state index contributed by atoms with van der Waals surface area (Å²) >= 11 is 4.85. The topological polar surface area (TPSA) is 12.5 Å². The first-order valence-electron chi connectivity index (χ1n) is 13.3. The molecule has 0 aliphatic heterocycles. The number of nitrogens with zero attached hydrogens (tertiary/aromatic N) is 1. The molecule has 5 aromatic carbocycles. The summed E-state index contributed by atoms with van der Waals surface area (Å²) in [6.07, 6.45) is 0.887. The third kappa shape index (κ3) is 8.80. The molecule has 5 aromatic rings. The molecule has 0 aliphatic carbocycles. The van der Waals surface area contributed by atoms with Crippen LogP contribution in [0.3, 0.4) is 0 Å². The van der Waals surface area contributed by atoms with Gasteiger partial charge in [0, 0.05) is 37.0 Å². The normalized spacial score (nSPS) is 10.9. The summed E-state index contributed by atoms with van der Waals surface area (Å²) in [5.74, 6) is 0.726. The number of anilines is 1. The highest BCUT2D eigenvalue weighted by Crippen LogP contribution is 2.36. The number of para-hydroxylation sites is 1. The van der Waals surface area contributed by atoms with Crippen molar-refractivity contribution in [3.63, 3.8) is 0 Å². The molecule has 41 heavy (non-hydrogen) atoms. The van der Waals surface area contributed by atoms with Crippen molar-refractivity contribution in [2.45, 2.75) is 32.5 Å². The monoisotopic (exact) mass is 601 g/mol. The van der Waals surface area contributed by atoms with E-state index in [2.05, 4.69) is 24.3 Å². The third-order valence-electron chi connectivity index (χ3n) is 6.04. The minimum absolute atomic E-state index is 0.187. The molecule has 2 nitrogen and oxygen atoms in total. The summed E-state index contributed by atoms with van der Waals surface area (Å²) in [5.41, 5.74) is 1.09. The van der Waals surface area contributed by atoms with Crippen LogP contribution in [0, 0.1) is 11.6 Å². The Morgan fingerprint density at radius 2 is 1.27 bits per heavy atom. The van der Waals surface area contributed by atoms with Crippen molar-refractivity contribution in [2.75, 3.05) is 16.7 Å². The van der Waals surface area contributed by atoms with E-state index in [0.29, 0.717) is 13.2 Å². The molecule has 0 heterocycles. The number of thioether (sulfide) groups is 1. The highest BCUT2D eigenvalue weighted by atomic mass is 32.2. The highest BCUT2D eigenvalue weighted by Gasteiger charge is 2.18. The maximum absolute atomic E-state index is 15.0. The van der Waals surface area contributed by atoms with E-state index in [4.69, 9.17) is 4.74 Å². The van der Waals surface area contributed by atoms with Crippen molar-refractivity contribution in [1.29, 1.82) is 0 Å². The maximum atomic E-state index is 15.0. The van der Waals surface area contributed by atoms with E-state index in [-0.39, 0.29) is 5.69 Å². The zero-order valence-corrected chi connectivity index (χ0v) is 24.7. The van der Waals surface area contributed by atoms with Crippen molar-refractivity contribution < 1.29 is 13.5 Å². The van der Waals surface area contributed by atoms with Crippen LogP contribution < -0.4 is 9.04 Å². The van der Waals surface area contributed by atoms with E-state index < -0.39 is 11.6 Å². The zero-order chi connectivity index (χ0) is 28.3. The molecular weight excluding hydrogens is 573 g/mol. The highest BCUT2D eigenvalue weighted by molar-refractivity contribution is 8.00. The molecule has 208 valence electrons. The van der Waals surface area contributed by atoms with Gasteiger partial charge in [-0.1, -0.05) is 66.4 Å². The fourth-order valence-electron chi connectivity index (χ4n) is 4.04. The van der Waals surface area contributed by atoms with Crippen molar-refractivity contribution in [2.24, 2.45) is 0 Å². The van der Waals surface area contributed by atoms with Crippen molar-refractivity contribution >= 4 is 41.2 Å². The van der Waals surface area contributed by atoms with Gasteiger partial charge in [0.25, 0.3) is 0 Å². The van der Waals surface area contributed by atoms with Crippen LogP contribution in [-0.2, 0) is 6.54 Å². The second-order valence-corrected chi connectivity index (χ2v) is 12.5. The lowest BCUT2D eigenvalue weighted by Crippen LogP contribution is -2.16. The fourth-order valence-corrected chi connectivity index (χ4v) is 6.68. The van der Waals surface area contributed by atoms with Crippen LogP contribution >= 0.6 is 35.5 Å².